The number of hydrogen-bond acceptors (Lipinski definition) is 4. The first-order valence-electron chi connectivity index (χ1n) is 7.25. The van der Waals surface area contributed by atoms with Crippen molar-refractivity contribution in [3.8, 4) is 0 Å². The van der Waals surface area contributed by atoms with Crippen molar-refractivity contribution in [2.75, 3.05) is 5.32 Å². The second-order valence-electron chi connectivity index (χ2n) is 5.49. The van der Waals surface area contributed by atoms with Gasteiger partial charge >= 0.3 is 5.97 Å². The summed E-state index contributed by atoms with van der Waals surface area (Å²) in [6, 6.07) is 5.05. The third kappa shape index (κ3) is 3.63. The largest absolute Gasteiger partial charge is 0.451 e. The lowest BCUT2D eigenvalue weighted by atomic mass is 10.1. The topological polar surface area (TPSA) is 84.5 Å². The second kappa shape index (κ2) is 6.60. The van der Waals surface area contributed by atoms with Crippen molar-refractivity contribution in [2.45, 2.75) is 45.8 Å². The van der Waals surface area contributed by atoms with E-state index in [-0.39, 0.29) is 5.91 Å². The van der Waals surface area contributed by atoms with Gasteiger partial charge in [0.2, 0.25) is 5.91 Å². The number of benzene rings is 1. The molecule has 2 amide bonds. The average molecular weight is 304 g/mol. The molecule has 1 aliphatic rings. The first kappa shape index (κ1) is 16.0. The molecule has 0 saturated carbocycles. The summed E-state index contributed by atoms with van der Waals surface area (Å²) in [7, 11) is 0. The number of carbonyl (C=O) groups is 3. The fourth-order valence-corrected chi connectivity index (χ4v) is 2.34. The van der Waals surface area contributed by atoms with Crippen LogP contribution in [0.3, 0.4) is 0 Å². The zero-order valence-electron chi connectivity index (χ0n) is 12.9. The molecule has 0 radical (unpaired) electrons. The number of amides is 2. The van der Waals surface area contributed by atoms with E-state index in [1.807, 2.05) is 32.0 Å². The quantitative estimate of drug-likeness (QED) is 0.825. The Morgan fingerprint density at radius 1 is 1.32 bits per heavy atom. The van der Waals surface area contributed by atoms with Crippen molar-refractivity contribution in [1.82, 2.24) is 5.32 Å². The van der Waals surface area contributed by atoms with Gasteiger partial charge in [0, 0.05) is 12.1 Å². The zero-order chi connectivity index (χ0) is 16.3. The van der Waals surface area contributed by atoms with Crippen LogP contribution in [-0.4, -0.2) is 29.9 Å². The highest BCUT2D eigenvalue weighted by molar-refractivity contribution is 5.97. The predicted octanol–water partition coefficient (Wildman–Crippen LogP) is 1.45. The fraction of sp³-hybridized carbons (Fsp3) is 0.438. The van der Waals surface area contributed by atoms with Gasteiger partial charge in [0.25, 0.3) is 5.91 Å². The van der Waals surface area contributed by atoms with Gasteiger partial charge in [-0.25, -0.2) is 4.79 Å². The molecule has 1 aromatic rings. The molecular weight excluding hydrogens is 284 g/mol. The molecule has 6 nitrogen and oxygen atoms in total. The molecule has 2 N–H and O–H groups in total. The third-order valence-electron chi connectivity index (χ3n) is 3.67. The van der Waals surface area contributed by atoms with Gasteiger partial charge in [0.05, 0.1) is 0 Å². The third-order valence-corrected chi connectivity index (χ3v) is 3.67. The van der Waals surface area contributed by atoms with Gasteiger partial charge in [-0.3, -0.25) is 9.59 Å². The molecule has 1 aliphatic heterocycles. The number of ether oxygens (including phenoxy) is 1. The summed E-state index contributed by atoms with van der Waals surface area (Å²) in [6.07, 6.45) is -0.213. The summed E-state index contributed by atoms with van der Waals surface area (Å²) in [5.41, 5.74) is 2.61. The first-order valence-corrected chi connectivity index (χ1v) is 7.25. The Labute approximate surface area is 129 Å². The molecule has 1 saturated heterocycles. The molecule has 1 heterocycles. The average Bonchev–Trinajstić information content (AvgIpc) is 2.89. The van der Waals surface area contributed by atoms with E-state index in [0.717, 1.165) is 16.8 Å². The van der Waals surface area contributed by atoms with Crippen LogP contribution in [0.4, 0.5) is 5.69 Å². The summed E-state index contributed by atoms with van der Waals surface area (Å²) in [6.45, 7) is 5.30. The molecule has 6 heteroatoms. The van der Waals surface area contributed by atoms with Crippen LogP contribution in [0.25, 0.3) is 0 Å². The summed E-state index contributed by atoms with van der Waals surface area (Å²) in [5, 5.41) is 5.30. The lowest BCUT2D eigenvalue weighted by Crippen LogP contribution is -2.39. The Hall–Kier alpha value is -2.37. The molecule has 0 spiro atoms. The van der Waals surface area contributed by atoms with Crippen LogP contribution in [0.15, 0.2) is 18.2 Å². The van der Waals surface area contributed by atoms with Crippen molar-refractivity contribution < 1.29 is 19.1 Å². The maximum absolute atomic E-state index is 12.2. The van der Waals surface area contributed by atoms with E-state index in [2.05, 4.69) is 10.6 Å². The maximum Gasteiger partial charge on any atom is 0.329 e. The monoisotopic (exact) mass is 304 g/mol. The Bertz CT molecular complexity index is 592. The highest BCUT2D eigenvalue weighted by Gasteiger charge is 2.30. The van der Waals surface area contributed by atoms with Gasteiger partial charge < -0.3 is 15.4 Å². The summed E-state index contributed by atoms with van der Waals surface area (Å²) >= 11 is 0. The fourth-order valence-electron chi connectivity index (χ4n) is 2.34. The Kier molecular flexibility index (Phi) is 4.80. The van der Waals surface area contributed by atoms with Crippen molar-refractivity contribution in [2.24, 2.45) is 0 Å². The molecule has 0 aromatic heterocycles. The molecule has 2 atom stereocenters. The molecule has 1 fully saturated rings. The van der Waals surface area contributed by atoms with E-state index < -0.39 is 24.0 Å². The predicted molar refractivity (Wildman–Crippen MR) is 81.3 cm³/mol. The Morgan fingerprint density at radius 2 is 1.95 bits per heavy atom. The van der Waals surface area contributed by atoms with E-state index >= 15 is 0 Å². The number of hydrogen-bond donors (Lipinski definition) is 2. The molecule has 0 bridgehead atoms. The number of para-hydroxylation sites is 1. The van der Waals surface area contributed by atoms with E-state index in [4.69, 9.17) is 4.74 Å². The van der Waals surface area contributed by atoms with Crippen LogP contribution in [0.1, 0.15) is 30.9 Å². The molecular formula is C16H20N2O4. The number of esters is 1. The highest BCUT2D eigenvalue weighted by Crippen LogP contribution is 2.20. The van der Waals surface area contributed by atoms with Gasteiger partial charge in [-0.2, -0.15) is 0 Å². The van der Waals surface area contributed by atoms with E-state index in [9.17, 15) is 14.4 Å². The number of carbonyl (C=O) groups excluding carboxylic acids is 3. The lowest BCUT2D eigenvalue weighted by molar-refractivity contribution is -0.155. The standard InChI is InChI=1S/C16H20N2O4/c1-9-5-4-6-10(2)14(9)18-15(20)11(3)22-16(21)12-7-8-13(19)17-12/h4-6,11-12H,7-8H2,1-3H3,(H,17,19)(H,18,20)/t11-,12-/m1/s1. The van der Waals surface area contributed by atoms with Crippen LogP contribution in [-0.2, 0) is 19.1 Å². The van der Waals surface area contributed by atoms with Crippen LogP contribution in [0, 0.1) is 13.8 Å². The van der Waals surface area contributed by atoms with Crippen LogP contribution >= 0.6 is 0 Å². The summed E-state index contributed by atoms with van der Waals surface area (Å²) < 4.78 is 5.13. The van der Waals surface area contributed by atoms with Gasteiger partial charge in [-0.05, 0) is 38.3 Å². The van der Waals surface area contributed by atoms with Gasteiger partial charge in [-0.15, -0.1) is 0 Å². The SMILES string of the molecule is Cc1cccc(C)c1NC(=O)[C@@H](C)OC(=O)[C@H]1CCC(=O)N1. The minimum absolute atomic E-state index is 0.172. The lowest BCUT2D eigenvalue weighted by Gasteiger charge is -2.18. The normalized spacial score (nSPS) is 18.5. The smallest absolute Gasteiger partial charge is 0.329 e. The van der Waals surface area contributed by atoms with Gasteiger partial charge in [0.1, 0.15) is 6.04 Å². The van der Waals surface area contributed by atoms with E-state index in [1.54, 1.807) is 0 Å². The van der Waals surface area contributed by atoms with Crippen molar-refractivity contribution in [3.63, 3.8) is 0 Å². The molecule has 0 aliphatic carbocycles. The second-order valence-corrected chi connectivity index (χ2v) is 5.49. The van der Waals surface area contributed by atoms with E-state index in [0.29, 0.717) is 12.8 Å². The minimum Gasteiger partial charge on any atom is -0.451 e. The molecule has 0 unspecified atom stereocenters. The zero-order valence-corrected chi connectivity index (χ0v) is 12.9. The number of aryl methyl sites for hydroxylation is 2. The number of nitrogens with one attached hydrogen (secondary N) is 2. The van der Waals surface area contributed by atoms with Crippen molar-refractivity contribution in [3.05, 3.63) is 29.3 Å². The minimum atomic E-state index is -0.927. The Morgan fingerprint density at radius 3 is 2.50 bits per heavy atom. The first-order chi connectivity index (χ1) is 10.4. The van der Waals surface area contributed by atoms with Crippen molar-refractivity contribution in [1.29, 1.82) is 0 Å². The van der Waals surface area contributed by atoms with Gasteiger partial charge in [-0.1, -0.05) is 18.2 Å². The molecule has 118 valence electrons. The van der Waals surface area contributed by atoms with Crippen LogP contribution in [0.5, 0.6) is 0 Å². The van der Waals surface area contributed by atoms with Gasteiger partial charge in [0.15, 0.2) is 6.10 Å². The maximum atomic E-state index is 12.2. The number of rotatable bonds is 4. The molecule has 1 aromatic carbocycles. The summed E-state index contributed by atoms with van der Waals surface area (Å²) in [5.74, 6) is -1.14. The number of anilines is 1. The Balaban J connectivity index is 1.95. The highest BCUT2D eigenvalue weighted by atomic mass is 16.5. The van der Waals surface area contributed by atoms with Crippen LogP contribution in [0.2, 0.25) is 0 Å². The van der Waals surface area contributed by atoms with E-state index in [1.165, 1.54) is 6.92 Å². The summed E-state index contributed by atoms with van der Waals surface area (Å²) in [4.78, 5) is 35.1. The van der Waals surface area contributed by atoms with Crippen molar-refractivity contribution >= 4 is 23.5 Å². The molecule has 2 rings (SSSR count). The molecule has 22 heavy (non-hydrogen) atoms. The van der Waals surface area contributed by atoms with Crippen LogP contribution < -0.4 is 10.6 Å².